The lowest BCUT2D eigenvalue weighted by atomic mass is 10.1. The van der Waals surface area contributed by atoms with E-state index in [1.165, 1.54) is 22.7 Å². The topological polar surface area (TPSA) is 64.4 Å². The van der Waals surface area contributed by atoms with Crippen LogP contribution >= 0.6 is 0 Å². The van der Waals surface area contributed by atoms with Crippen molar-refractivity contribution < 1.29 is 12.8 Å². The van der Waals surface area contributed by atoms with Gasteiger partial charge in [0.1, 0.15) is 11.9 Å². The summed E-state index contributed by atoms with van der Waals surface area (Å²) in [5.74, 6) is -0.451. The van der Waals surface area contributed by atoms with Gasteiger partial charge in [0, 0.05) is 25.7 Å². The Kier molecular flexibility index (Phi) is 3.97. The Balaban J connectivity index is 2.24. The molecule has 0 spiro atoms. The van der Waals surface area contributed by atoms with E-state index in [-0.39, 0.29) is 11.6 Å². The maximum Gasteiger partial charge on any atom is 0.211 e. The standard InChI is InChI=1S/C13H16FN3O2S/c1-10-9-16(5-6-17(10)20(2,18)19)13-4-3-12(14)7-11(13)8-15/h3-4,7,10H,5-6,9H2,1-2H3/t10-/m0/s1. The van der Waals surface area contributed by atoms with Gasteiger partial charge < -0.3 is 4.90 Å². The molecule has 1 aromatic rings. The highest BCUT2D eigenvalue weighted by atomic mass is 32.2. The Hall–Kier alpha value is -1.65. The summed E-state index contributed by atoms with van der Waals surface area (Å²) in [7, 11) is -3.22. The Morgan fingerprint density at radius 2 is 2.10 bits per heavy atom. The molecular formula is C13H16FN3O2S. The van der Waals surface area contributed by atoms with Crippen molar-refractivity contribution in [3.63, 3.8) is 0 Å². The molecule has 7 heteroatoms. The summed E-state index contributed by atoms with van der Waals surface area (Å²) in [6, 6.07) is 5.86. The Morgan fingerprint density at radius 3 is 2.65 bits per heavy atom. The average Bonchev–Trinajstić information content (AvgIpc) is 2.36. The summed E-state index contributed by atoms with van der Waals surface area (Å²) >= 11 is 0. The fraction of sp³-hybridized carbons (Fsp3) is 0.462. The first-order chi connectivity index (χ1) is 9.32. The number of benzene rings is 1. The number of hydrogen-bond donors (Lipinski definition) is 0. The van der Waals surface area contributed by atoms with Crippen LogP contribution in [0.2, 0.25) is 0 Å². The van der Waals surface area contributed by atoms with E-state index in [1.807, 2.05) is 17.9 Å². The molecule has 1 aliphatic rings. The highest BCUT2D eigenvalue weighted by Gasteiger charge is 2.30. The maximum atomic E-state index is 13.1. The second-order valence-electron chi connectivity index (χ2n) is 4.94. The summed E-state index contributed by atoms with van der Waals surface area (Å²) < 4.78 is 37.8. The Bertz CT molecular complexity index is 654. The first-order valence-electron chi connectivity index (χ1n) is 6.24. The van der Waals surface area contributed by atoms with Crippen molar-refractivity contribution in [1.29, 1.82) is 5.26 Å². The van der Waals surface area contributed by atoms with E-state index in [1.54, 1.807) is 6.07 Å². The zero-order valence-corrected chi connectivity index (χ0v) is 12.2. The number of piperazine rings is 1. The van der Waals surface area contributed by atoms with Crippen LogP contribution in [-0.2, 0) is 10.0 Å². The quantitative estimate of drug-likeness (QED) is 0.822. The van der Waals surface area contributed by atoms with E-state index < -0.39 is 15.8 Å². The van der Waals surface area contributed by atoms with E-state index in [2.05, 4.69) is 0 Å². The van der Waals surface area contributed by atoms with Gasteiger partial charge in [-0.2, -0.15) is 9.57 Å². The summed E-state index contributed by atoms with van der Waals surface area (Å²) in [4.78, 5) is 1.92. The molecule has 20 heavy (non-hydrogen) atoms. The Morgan fingerprint density at radius 1 is 1.40 bits per heavy atom. The third kappa shape index (κ3) is 2.92. The SMILES string of the molecule is C[C@H]1CN(c2ccc(F)cc2C#N)CCN1S(C)(=O)=O. The van der Waals surface area contributed by atoms with Crippen LogP contribution in [0, 0.1) is 17.1 Å². The molecule has 0 saturated carbocycles. The summed E-state index contributed by atoms with van der Waals surface area (Å²) in [6.07, 6.45) is 1.19. The predicted octanol–water partition coefficient (Wildman–Crippen LogP) is 1.17. The molecule has 1 fully saturated rings. The van der Waals surface area contributed by atoms with Crippen LogP contribution in [-0.4, -0.2) is 44.7 Å². The first kappa shape index (κ1) is 14.8. The number of nitrogens with zero attached hydrogens (tertiary/aromatic N) is 3. The number of hydrogen-bond acceptors (Lipinski definition) is 4. The minimum atomic E-state index is -3.22. The molecule has 5 nitrogen and oxygen atoms in total. The zero-order chi connectivity index (χ0) is 14.9. The fourth-order valence-electron chi connectivity index (χ4n) is 2.53. The smallest absolute Gasteiger partial charge is 0.211 e. The first-order valence-corrected chi connectivity index (χ1v) is 8.09. The van der Waals surface area contributed by atoms with Crippen molar-refractivity contribution >= 4 is 15.7 Å². The van der Waals surface area contributed by atoms with Crippen LogP contribution in [0.5, 0.6) is 0 Å². The van der Waals surface area contributed by atoms with E-state index >= 15 is 0 Å². The molecular weight excluding hydrogens is 281 g/mol. The largest absolute Gasteiger partial charge is 0.368 e. The van der Waals surface area contributed by atoms with Crippen molar-refractivity contribution in [2.45, 2.75) is 13.0 Å². The van der Waals surface area contributed by atoms with E-state index in [0.29, 0.717) is 25.3 Å². The van der Waals surface area contributed by atoms with Gasteiger partial charge in [-0.3, -0.25) is 0 Å². The second kappa shape index (κ2) is 5.38. The van der Waals surface area contributed by atoms with Gasteiger partial charge >= 0.3 is 0 Å². The molecule has 0 aromatic heterocycles. The van der Waals surface area contributed by atoms with E-state index in [4.69, 9.17) is 5.26 Å². The molecule has 0 amide bonds. The Labute approximate surface area is 118 Å². The van der Waals surface area contributed by atoms with Crippen LogP contribution in [0.1, 0.15) is 12.5 Å². The van der Waals surface area contributed by atoms with Crippen molar-refractivity contribution in [3.8, 4) is 6.07 Å². The predicted molar refractivity (Wildman–Crippen MR) is 74.3 cm³/mol. The lowest BCUT2D eigenvalue weighted by Gasteiger charge is -2.39. The lowest BCUT2D eigenvalue weighted by molar-refractivity contribution is 0.309. The molecule has 0 bridgehead atoms. The second-order valence-corrected chi connectivity index (χ2v) is 6.88. The summed E-state index contributed by atoms with van der Waals surface area (Å²) in [6.45, 7) is 3.15. The fourth-order valence-corrected chi connectivity index (χ4v) is 3.66. The van der Waals surface area contributed by atoms with Gasteiger partial charge in [0.05, 0.1) is 17.5 Å². The molecule has 1 heterocycles. The van der Waals surface area contributed by atoms with Gasteiger partial charge in [-0.05, 0) is 25.1 Å². The third-order valence-electron chi connectivity index (χ3n) is 3.41. The molecule has 1 atom stereocenters. The van der Waals surface area contributed by atoms with Crippen molar-refractivity contribution in [3.05, 3.63) is 29.6 Å². The summed E-state index contributed by atoms with van der Waals surface area (Å²) in [5, 5.41) is 9.07. The number of halogens is 1. The van der Waals surface area contributed by atoms with Crippen LogP contribution in [0.3, 0.4) is 0 Å². The minimum absolute atomic E-state index is 0.185. The highest BCUT2D eigenvalue weighted by Crippen LogP contribution is 2.24. The van der Waals surface area contributed by atoms with Crippen LogP contribution < -0.4 is 4.90 Å². The monoisotopic (exact) mass is 297 g/mol. The van der Waals surface area contributed by atoms with E-state index in [0.717, 1.165) is 0 Å². The average molecular weight is 297 g/mol. The third-order valence-corrected chi connectivity index (χ3v) is 4.81. The van der Waals surface area contributed by atoms with Crippen molar-refractivity contribution in [2.75, 3.05) is 30.8 Å². The molecule has 0 unspecified atom stereocenters. The van der Waals surface area contributed by atoms with Crippen LogP contribution in [0.4, 0.5) is 10.1 Å². The molecule has 1 aliphatic heterocycles. The highest BCUT2D eigenvalue weighted by molar-refractivity contribution is 7.88. The lowest BCUT2D eigenvalue weighted by Crippen LogP contribution is -2.53. The normalized spacial score (nSPS) is 20.7. The molecule has 0 aliphatic carbocycles. The number of rotatable bonds is 2. The van der Waals surface area contributed by atoms with Gasteiger partial charge in [-0.15, -0.1) is 0 Å². The number of sulfonamides is 1. The summed E-state index contributed by atoms with van der Waals surface area (Å²) in [5.41, 5.74) is 0.916. The van der Waals surface area contributed by atoms with Gasteiger partial charge in [-0.1, -0.05) is 0 Å². The van der Waals surface area contributed by atoms with Crippen molar-refractivity contribution in [2.24, 2.45) is 0 Å². The molecule has 1 saturated heterocycles. The van der Waals surface area contributed by atoms with Crippen molar-refractivity contribution in [1.82, 2.24) is 4.31 Å². The van der Waals surface area contributed by atoms with Gasteiger partial charge in [0.25, 0.3) is 0 Å². The number of nitriles is 1. The van der Waals surface area contributed by atoms with Crippen LogP contribution in [0.25, 0.3) is 0 Å². The molecule has 2 rings (SSSR count). The molecule has 108 valence electrons. The zero-order valence-electron chi connectivity index (χ0n) is 11.4. The van der Waals surface area contributed by atoms with Gasteiger partial charge in [0.15, 0.2) is 0 Å². The van der Waals surface area contributed by atoms with E-state index in [9.17, 15) is 12.8 Å². The van der Waals surface area contributed by atoms with Gasteiger partial charge in [-0.25, -0.2) is 12.8 Å². The van der Waals surface area contributed by atoms with Crippen LogP contribution in [0.15, 0.2) is 18.2 Å². The minimum Gasteiger partial charge on any atom is -0.368 e. The molecule has 0 N–H and O–H groups in total. The molecule has 1 aromatic carbocycles. The maximum absolute atomic E-state index is 13.1. The number of anilines is 1. The molecule has 0 radical (unpaired) electrons. The van der Waals surface area contributed by atoms with Gasteiger partial charge in [0.2, 0.25) is 10.0 Å².